The number of ether oxygens (including phenoxy) is 1. The molecule has 164 valence electrons. The van der Waals surface area contributed by atoms with E-state index in [1.165, 1.54) is 5.48 Å². The summed E-state index contributed by atoms with van der Waals surface area (Å²) in [5, 5.41) is 22.5. The molecule has 0 aliphatic rings. The third kappa shape index (κ3) is 5.80. The number of hydrogen-bond donors (Lipinski definition) is 5. The summed E-state index contributed by atoms with van der Waals surface area (Å²) >= 11 is 0. The molecule has 0 unspecified atom stereocenters. The van der Waals surface area contributed by atoms with Crippen molar-refractivity contribution >= 4 is 28.7 Å². The number of fused-ring (bicyclic) bond motifs is 1. The maximum atomic E-state index is 12.9. The molecule has 0 saturated heterocycles. The van der Waals surface area contributed by atoms with Gasteiger partial charge in [0, 0.05) is 23.5 Å². The van der Waals surface area contributed by atoms with Gasteiger partial charge in [-0.2, -0.15) is 0 Å². The summed E-state index contributed by atoms with van der Waals surface area (Å²) in [7, 11) is 0. The number of esters is 1. The average molecular weight is 419 g/mol. The van der Waals surface area contributed by atoms with E-state index >= 15 is 0 Å². The van der Waals surface area contributed by atoms with Gasteiger partial charge >= 0.3 is 5.97 Å². The van der Waals surface area contributed by atoms with E-state index in [4.69, 9.17) is 9.94 Å². The number of rotatable bonds is 10. The number of benzene rings is 1. The molecule has 2 aromatic rings. The maximum absolute atomic E-state index is 12.9. The number of carbonyl (C=O) groups is 3. The molecule has 1 aromatic heterocycles. The number of hydrogen-bond acceptors (Lipinski definition) is 6. The Kier molecular flexibility index (Phi) is 8.37. The highest BCUT2D eigenvalue weighted by Gasteiger charge is 2.35. The molecular formula is C21H29N3O6. The highest BCUT2D eigenvalue weighted by molar-refractivity contribution is 5.91. The first-order chi connectivity index (χ1) is 14.3. The zero-order valence-corrected chi connectivity index (χ0v) is 17.3. The number of aliphatic hydroxyl groups is 1. The Labute approximate surface area is 174 Å². The molecule has 0 aliphatic heterocycles. The van der Waals surface area contributed by atoms with Gasteiger partial charge in [-0.1, -0.05) is 32.0 Å². The molecular weight excluding hydrogens is 390 g/mol. The Morgan fingerprint density at radius 1 is 1.17 bits per heavy atom. The number of hydroxylamine groups is 1. The Bertz CT molecular complexity index is 879. The zero-order valence-electron chi connectivity index (χ0n) is 17.3. The highest BCUT2D eigenvalue weighted by Crippen LogP contribution is 2.21. The van der Waals surface area contributed by atoms with Gasteiger partial charge in [0.2, 0.25) is 5.91 Å². The van der Waals surface area contributed by atoms with Crippen molar-refractivity contribution in [2.75, 3.05) is 6.61 Å². The van der Waals surface area contributed by atoms with Crippen molar-refractivity contribution in [3.05, 3.63) is 36.0 Å². The van der Waals surface area contributed by atoms with Crippen LogP contribution in [0, 0.1) is 11.8 Å². The quantitative estimate of drug-likeness (QED) is 0.223. The molecule has 0 bridgehead atoms. The maximum Gasteiger partial charge on any atom is 0.328 e. The summed E-state index contributed by atoms with van der Waals surface area (Å²) in [5.74, 6) is -3.52. The standard InChI is InChI=1S/C21H29N3O6/c1-4-30-21(28)17(10-13-11-22-16-8-6-5-7-14(13)16)23-19(26)15(9-12(2)3)18(25)20(27)24-29/h5-8,11-12,15,17-18,22,25,29H,4,9-10H2,1-3H3,(H,23,26)(H,24,27)/t15-,17+,18+/m1/s1. The van der Waals surface area contributed by atoms with Crippen LogP contribution in [0.5, 0.6) is 0 Å². The van der Waals surface area contributed by atoms with Crippen LogP contribution in [0.15, 0.2) is 30.5 Å². The van der Waals surface area contributed by atoms with Gasteiger partial charge in [-0.15, -0.1) is 0 Å². The van der Waals surface area contributed by atoms with Gasteiger partial charge in [0.1, 0.15) is 12.1 Å². The van der Waals surface area contributed by atoms with Crippen LogP contribution in [0.1, 0.15) is 32.8 Å². The van der Waals surface area contributed by atoms with Crippen LogP contribution in [-0.4, -0.2) is 51.8 Å². The van der Waals surface area contributed by atoms with Gasteiger partial charge < -0.3 is 20.1 Å². The molecule has 2 rings (SSSR count). The van der Waals surface area contributed by atoms with Gasteiger partial charge in [0.15, 0.2) is 0 Å². The third-order valence-electron chi connectivity index (χ3n) is 4.81. The largest absolute Gasteiger partial charge is 0.464 e. The minimum absolute atomic E-state index is 0.0171. The number of aromatic nitrogens is 1. The molecule has 0 radical (unpaired) electrons. The lowest BCUT2D eigenvalue weighted by atomic mass is 9.90. The first kappa shape index (κ1) is 23.4. The molecule has 0 fully saturated rings. The summed E-state index contributed by atoms with van der Waals surface area (Å²) < 4.78 is 5.11. The first-order valence-corrected chi connectivity index (χ1v) is 9.92. The van der Waals surface area contributed by atoms with Crippen LogP contribution in [0.3, 0.4) is 0 Å². The number of carbonyl (C=O) groups excluding carboxylic acids is 3. The molecule has 5 N–H and O–H groups in total. The number of nitrogens with one attached hydrogen (secondary N) is 3. The number of para-hydroxylation sites is 1. The van der Waals surface area contributed by atoms with Crippen LogP contribution < -0.4 is 10.8 Å². The molecule has 1 heterocycles. The summed E-state index contributed by atoms with van der Waals surface area (Å²) in [4.78, 5) is 40.2. The Morgan fingerprint density at radius 3 is 2.50 bits per heavy atom. The van der Waals surface area contributed by atoms with Crippen molar-refractivity contribution in [2.24, 2.45) is 11.8 Å². The predicted molar refractivity (Wildman–Crippen MR) is 109 cm³/mol. The molecule has 9 heteroatoms. The first-order valence-electron chi connectivity index (χ1n) is 9.92. The van der Waals surface area contributed by atoms with E-state index in [1.807, 2.05) is 38.1 Å². The molecule has 30 heavy (non-hydrogen) atoms. The van der Waals surface area contributed by atoms with E-state index in [0.29, 0.717) is 0 Å². The molecule has 0 aliphatic carbocycles. The minimum Gasteiger partial charge on any atom is -0.464 e. The highest BCUT2D eigenvalue weighted by atomic mass is 16.5. The minimum atomic E-state index is -1.76. The van der Waals surface area contributed by atoms with Crippen LogP contribution in [-0.2, 0) is 25.5 Å². The Morgan fingerprint density at radius 2 is 1.87 bits per heavy atom. The van der Waals surface area contributed by atoms with Crippen molar-refractivity contribution in [1.82, 2.24) is 15.8 Å². The van der Waals surface area contributed by atoms with E-state index in [-0.39, 0.29) is 25.4 Å². The fourth-order valence-electron chi connectivity index (χ4n) is 3.37. The predicted octanol–water partition coefficient (Wildman–Crippen LogP) is 1.29. The van der Waals surface area contributed by atoms with Crippen molar-refractivity contribution in [3.8, 4) is 0 Å². The van der Waals surface area contributed by atoms with Gasteiger partial charge in [-0.3, -0.25) is 14.8 Å². The van der Waals surface area contributed by atoms with E-state index in [0.717, 1.165) is 16.5 Å². The molecule has 3 atom stereocenters. The number of aromatic amines is 1. The summed E-state index contributed by atoms with van der Waals surface area (Å²) in [6.45, 7) is 5.47. The number of H-pyrrole nitrogens is 1. The summed E-state index contributed by atoms with van der Waals surface area (Å²) in [6.07, 6.45) is 0.366. The Balaban J connectivity index is 2.26. The van der Waals surface area contributed by atoms with Crippen LogP contribution >= 0.6 is 0 Å². The molecule has 1 aromatic carbocycles. The van der Waals surface area contributed by atoms with Gasteiger partial charge in [-0.25, -0.2) is 10.3 Å². The zero-order chi connectivity index (χ0) is 22.3. The van der Waals surface area contributed by atoms with Crippen LogP contribution in [0.4, 0.5) is 0 Å². The van der Waals surface area contributed by atoms with Crippen LogP contribution in [0.2, 0.25) is 0 Å². The van der Waals surface area contributed by atoms with Gasteiger partial charge in [0.25, 0.3) is 5.91 Å². The summed E-state index contributed by atoms with van der Waals surface area (Å²) in [6, 6.07) is 6.56. The molecule has 0 spiro atoms. The normalized spacial score (nSPS) is 14.2. The third-order valence-corrected chi connectivity index (χ3v) is 4.81. The molecule has 9 nitrogen and oxygen atoms in total. The second kappa shape index (κ2) is 10.7. The second-order valence-corrected chi connectivity index (χ2v) is 7.53. The lowest BCUT2D eigenvalue weighted by molar-refractivity contribution is -0.150. The lowest BCUT2D eigenvalue weighted by Crippen LogP contribution is -2.51. The fraction of sp³-hybridized carbons (Fsp3) is 0.476. The van der Waals surface area contributed by atoms with Crippen molar-refractivity contribution in [2.45, 2.75) is 45.8 Å². The monoisotopic (exact) mass is 419 g/mol. The van der Waals surface area contributed by atoms with E-state index in [9.17, 15) is 19.5 Å². The summed E-state index contributed by atoms with van der Waals surface area (Å²) in [5.41, 5.74) is 3.08. The van der Waals surface area contributed by atoms with Gasteiger partial charge in [-0.05, 0) is 30.9 Å². The van der Waals surface area contributed by atoms with Crippen molar-refractivity contribution < 1.29 is 29.4 Å². The molecule has 0 saturated carbocycles. The smallest absolute Gasteiger partial charge is 0.328 e. The van der Waals surface area contributed by atoms with Crippen LogP contribution in [0.25, 0.3) is 10.9 Å². The molecule has 2 amide bonds. The van der Waals surface area contributed by atoms with Gasteiger partial charge in [0.05, 0.1) is 12.5 Å². The number of amides is 2. The average Bonchev–Trinajstić information content (AvgIpc) is 3.13. The Hall–Kier alpha value is -2.91. The topological polar surface area (TPSA) is 141 Å². The number of aliphatic hydroxyl groups excluding tert-OH is 1. The van der Waals surface area contributed by atoms with E-state index in [2.05, 4.69) is 10.3 Å². The van der Waals surface area contributed by atoms with Crippen molar-refractivity contribution in [3.63, 3.8) is 0 Å². The fourth-order valence-corrected chi connectivity index (χ4v) is 3.37. The van der Waals surface area contributed by atoms with Crippen molar-refractivity contribution in [1.29, 1.82) is 0 Å². The van der Waals surface area contributed by atoms with E-state index < -0.39 is 35.8 Å². The second-order valence-electron chi connectivity index (χ2n) is 7.53. The lowest BCUT2D eigenvalue weighted by Gasteiger charge is -2.25. The van der Waals surface area contributed by atoms with E-state index in [1.54, 1.807) is 13.1 Å². The SMILES string of the molecule is CCOC(=O)[C@H](Cc1c[nH]c2ccccc12)NC(=O)[C@H](CC(C)C)[C@H](O)C(=O)NO.